The Bertz CT molecular complexity index is 7390. The molecule has 0 fully saturated rings. The average molecular weight is 2030 g/mol. The number of nitrogens with zero attached hydrogens (tertiary/aromatic N) is 6. The topological polar surface area (TPSA) is 77.3 Å². The molecule has 0 bridgehead atoms. The molecular weight excluding hydrogens is 1960 g/mol. The van der Waals surface area contributed by atoms with Gasteiger partial charge in [0.1, 0.15) is 0 Å². The van der Waals surface area contributed by atoms with Crippen molar-refractivity contribution in [2.45, 2.75) is 0 Å². The van der Waals surface area contributed by atoms with Crippen LogP contribution in [0.5, 0.6) is 0 Å². The fourth-order valence-corrected chi connectivity index (χ4v) is 18.6. The van der Waals surface area contributed by atoms with Crippen molar-refractivity contribution in [1.29, 1.82) is 0 Å². The van der Waals surface area contributed by atoms with Crippen LogP contribution >= 0.6 is 0 Å². The van der Waals surface area contributed by atoms with E-state index in [0.29, 0.717) is 0 Å². The number of hydrogen-bond donors (Lipinski definition) is 0. The molecule has 132 heavy (non-hydrogen) atoms. The molecule has 0 N–H and O–H groups in total. The van der Waals surface area contributed by atoms with E-state index in [4.69, 9.17) is 29.9 Å². The van der Waals surface area contributed by atoms with E-state index in [1.165, 1.54) is 0 Å². The number of hydrogen-bond acceptors (Lipinski definition) is 6. The first-order chi connectivity index (χ1) is 64.4. The molecule has 0 aliphatic carbocycles. The molecule has 6 nitrogen and oxygen atoms in total. The molecule has 18 aromatic carbocycles. The zero-order valence-corrected chi connectivity index (χ0v) is 75.9. The molecule has 0 amide bonds. The zero-order chi connectivity index (χ0) is 86.2. The van der Waals surface area contributed by atoms with Crippen molar-refractivity contribution in [2.24, 2.45) is 0 Å². The van der Waals surface area contributed by atoms with E-state index in [2.05, 4.69) is 425 Å². The second kappa shape index (κ2) is 36.6. The Morgan fingerprint density at radius 1 is 0.159 bits per heavy atom. The minimum atomic E-state index is 0. The summed E-state index contributed by atoms with van der Waals surface area (Å²) in [6, 6.07) is 169. The molecule has 5 aromatic heterocycles. The molecule has 0 spiro atoms. The summed E-state index contributed by atoms with van der Waals surface area (Å²) in [7, 11) is 0. The predicted octanol–water partition coefficient (Wildman–Crippen LogP) is 31.5. The second-order valence-corrected chi connectivity index (χ2v) is 32.6. The average Bonchev–Trinajstić information content (AvgIpc) is 0.785. The molecule has 0 atom stereocenters. The molecule has 0 saturated carbocycles. The van der Waals surface area contributed by atoms with Gasteiger partial charge in [0.15, 0.2) is 0 Å². The molecule has 0 unspecified atom stereocenters. The van der Waals surface area contributed by atoms with E-state index in [1.807, 2.05) is 55.1 Å². The number of fused-ring (bicyclic) bond motifs is 4. The van der Waals surface area contributed by atoms with E-state index in [1.54, 1.807) is 6.33 Å². The van der Waals surface area contributed by atoms with Crippen LogP contribution in [0.25, 0.3) is 244 Å². The summed E-state index contributed by atoms with van der Waals surface area (Å²) >= 11 is 0. The maximum Gasteiger partial charge on any atom is 3.00 e. The van der Waals surface area contributed by atoms with Crippen molar-refractivity contribution in [2.75, 3.05) is 0 Å². The monoisotopic (exact) mass is 2030 g/mol. The fourth-order valence-electron chi connectivity index (χ4n) is 18.6. The molecule has 23 rings (SSSR count). The smallest absolute Gasteiger partial charge is 0.304 e. The van der Waals surface area contributed by atoms with Gasteiger partial charge in [-0.1, -0.05) is 341 Å². The summed E-state index contributed by atoms with van der Waals surface area (Å²) in [5.74, 6) is 0. The molecule has 23 aromatic rings. The SMILES string of the molecule is [Ir+3].[Ir+3].[c-]1cc(-c2ccccc2-c2cc(-c3ccccc3-c3ccc(-c4[c-]ccc5ccccc45)nc3)cc(-c3ccccc3-c3ccc(-c4[c-]ccc5ccccc45)nc3)c2)ccc1-c1cc(-c2[c-]cc(-c3ccccc3-c3cc(-c4ccccc4-c4ccc(-c5[c-]ccc6ccccc56)nc4)cc(-c4ccccc4-c4ccc(-c5[c-]ccc6ccccc56)nc4)c3)cc2)ncn1. The van der Waals surface area contributed by atoms with E-state index in [9.17, 15) is 0 Å². The molecule has 0 radical (unpaired) electrons. The Labute approximate surface area is 793 Å². The van der Waals surface area contributed by atoms with Crippen molar-refractivity contribution >= 4 is 43.1 Å². The van der Waals surface area contributed by atoms with Gasteiger partial charge in [-0.15, -0.1) is 176 Å². The molecule has 0 aliphatic rings. The predicted molar refractivity (Wildman–Crippen MR) is 534 cm³/mol. The fraction of sp³-hybridized carbons (Fsp3) is 0. The van der Waals surface area contributed by atoms with Crippen molar-refractivity contribution in [3.8, 4) is 201 Å². The minimum absolute atomic E-state index is 0. The van der Waals surface area contributed by atoms with Gasteiger partial charge in [0.25, 0.3) is 0 Å². The van der Waals surface area contributed by atoms with Gasteiger partial charge in [0, 0.05) is 24.8 Å². The maximum atomic E-state index is 5.13. The van der Waals surface area contributed by atoms with Crippen LogP contribution in [0.4, 0.5) is 0 Å². The van der Waals surface area contributed by atoms with Crippen molar-refractivity contribution < 1.29 is 40.2 Å². The van der Waals surface area contributed by atoms with Gasteiger partial charge >= 0.3 is 40.2 Å². The first kappa shape index (κ1) is 82.9. The van der Waals surface area contributed by atoms with Crippen LogP contribution in [0.2, 0.25) is 0 Å². The zero-order valence-electron chi connectivity index (χ0n) is 71.1. The number of aromatic nitrogens is 6. The standard InChI is InChI=1S/C124H74N6.2Ir/c1-5-35-101-81(25-1)29-21-49-115(101)119-65-61-89(76-125-119)105-39-11-17-45-111(105)95-69-93(70-96(73-95)112-46-18-12-40-106(112)90-62-66-120(126-77-90)116-50-22-30-82-26-2-6-36-102(82)116)109-43-15-9-33-99(109)85-53-57-87(58-54-85)123-75-124(130-80-129-123)88-59-55-86(56-60-88)100-34-10-16-44-110(100)94-71-97(113-47-19-13-41-107(113)91-63-67-121(127-78-91)117-51-23-31-83-27-3-7-37-103(83)117)74-98(72-94)114-48-20-14-42-108(114)92-64-68-122(128-79-92)118-52-24-32-84-28-4-8-38-104(84)118;;/h1-48,53-57,59,61-80H;;/q-6;2*+3. The number of rotatable bonds is 18. The van der Waals surface area contributed by atoms with E-state index >= 15 is 0 Å². The molecule has 618 valence electrons. The van der Waals surface area contributed by atoms with Crippen molar-refractivity contribution in [3.63, 3.8) is 0 Å². The van der Waals surface area contributed by atoms with Crippen LogP contribution in [-0.4, -0.2) is 29.9 Å². The van der Waals surface area contributed by atoms with Crippen LogP contribution in [0.3, 0.4) is 0 Å². The van der Waals surface area contributed by atoms with Gasteiger partial charge in [0.05, 0.1) is 6.33 Å². The summed E-state index contributed by atoms with van der Waals surface area (Å²) in [6.45, 7) is 0. The van der Waals surface area contributed by atoms with Gasteiger partial charge < -0.3 is 19.9 Å². The Morgan fingerprint density at radius 2 is 0.371 bits per heavy atom. The largest absolute Gasteiger partial charge is 3.00 e. The normalized spacial score (nSPS) is 11.2. The second-order valence-electron chi connectivity index (χ2n) is 32.6. The summed E-state index contributed by atoms with van der Waals surface area (Å²) < 4.78 is 0. The molecular formula is C124H74Ir2N6. The Balaban J connectivity index is 0.00000525. The summed E-state index contributed by atoms with van der Waals surface area (Å²) in [6.07, 6.45) is 9.64. The first-order valence-electron chi connectivity index (χ1n) is 43.6. The van der Waals surface area contributed by atoms with Crippen LogP contribution in [0, 0.1) is 36.4 Å². The third kappa shape index (κ3) is 16.2. The third-order valence-electron chi connectivity index (χ3n) is 25.0. The van der Waals surface area contributed by atoms with Gasteiger partial charge in [-0.05, 0) is 182 Å². The van der Waals surface area contributed by atoms with Crippen LogP contribution in [0.1, 0.15) is 0 Å². The minimum Gasteiger partial charge on any atom is -0.304 e. The van der Waals surface area contributed by atoms with E-state index < -0.39 is 0 Å². The molecule has 0 aliphatic heterocycles. The maximum absolute atomic E-state index is 5.13. The summed E-state index contributed by atoms with van der Waals surface area (Å²) in [5, 5.41) is 9.08. The van der Waals surface area contributed by atoms with Crippen LogP contribution in [0.15, 0.2) is 450 Å². The summed E-state index contributed by atoms with van der Waals surface area (Å²) in [4.78, 5) is 30.3. The number of benzene rings is 18. The van der Waals surface area contributed by atoms with Gasteiger partial charge in [0.2, 0.25) is 0 Å². The number of pyridine rings is 4. The quantitative estimate of drug-likeness (QED) is 0.0797. The molecule has 8 heteroatoms. The Morgan fingerprint density at radius 3 is 0.591 bits per heavy atom. The first-order valence-corrected chi connectivity index (χ1v) is 43.6. The third-order valence-corrected chi connectivity index (χ3v) is 25.0. The van der Waals surface area contributed by atoms with Crippen molar-refractivity contribution in [3.05, 3.63) is 486 Å². The van der Waals surface area contributed by atoms with Crippen LogP contribution in [-0.2, 0) is 40.2 Å². The molecule has 0 saturated heterocycles. The summed E-state index contributed by atoms with van der Waals surface area (Å²) in [5.41, 5.74) is 35.9. The van der Waals surface area contributed by atoms with Crippen molar-refractivity contribution in [1.82, 2.24) is 29.9 Å². The van der Waals surface area contributed by atoms with E-state index in [0.717, 1.165) is 244 Å². The van der Waals surface area contributed by atoms with Crippen LogP contribution < -0.4 is 0 Å². The Hall–Kier alpha value is -16.0. The van der Waals surface area contributed by atoms with E-state index in [-0.39, 0.29) is 40.2 Å². The van der Waals surface area contributed by atoms with Gasteiger partial charge in [-0.3, -0.25) is 9.97 Å². The van der Waals surface area contributed by atoms with Gasteiger partial charge in [-0.25, -0.2) is 0 Å². The Kier molecular flexibility index (Phi) is 23.0. The molecule has 5 heterocycles. The van der Waals surface area contributed by atoms with Gasteiger partial charge in [-0.2, -0.15) is 0 Å².